The number of ether oxygens (including phenoxy) is 2. The zero-order valence-corrected chi connectivity index (χ0v) is 16.5. The number of halogens is 2. The number of nitrogens with zero attached hydrogens (tertiary/aromatic N) is 2. The van der Waals surface area contributed by atoms with Gasteiger partial charge >= 0.3 is 11.9 Å². The molecule has 0 N–H and O–H groups in total. The van der Waals surface area contributed by atoms with Crippen molar-refractivity contribution in [3.8, 4) is 0 Å². The van der Waals surface area contributed by atoms with E-state index >= 15 is 0 Å². The molecular formula is C19H20Cl2N2O4. The predicted octanol–water partition coefficient (Wildman–Crippen LogP) is 4.07. The van der Waals surface area contributed by atoms with Crippen molar-refractivity contribution in [3.05, 3.63) is 51.8 Å². The van der Waals surface area contributed by atoms with Crippen LogP contribution in [0.1, 0.15) is 42.9 Å². The number of carbonyl (C=O) groups excluding carboxylic acids is 2. The van der Waals surface area contributed by atoms with E-state index in [2.05, 4.69) is 5.10 Å². The summed E-state index contributed by atoms with van der Waals surface area (Å²) < 4.78 is 12.4. The Kier molecular flexibility index (Phi) is 6.07. The number of hydrogen-bond donors (Lipinski definition) is 0. The van der Waals surface area contributed by atoms with Gasteiger partial charge in [0.05, 0.1) is 25.1 Å². The molecule has 0 unspecified atom stereocenters. The highest BCUT2D eigenvalue weighted by atomic mass is 35.5. The lowest BCUT2D eigenvalue weighted by molar-refractivity contribution is -0.156. The van der Waals surface area contributed by atoms with E-state index in [1.165, 1.54) is 0 Å². The summed E-state index contributed by atoms with van der Waals surface area (Å²) >= 11 is 12.1. The van der Waals surface area contributed by atoms with Gasteiger partial charge in [0.2, 0.25) is 0 Å². The first kappa shape index (κ1) is 19.7. The van der Waals surface area contributed by atoms with Crippen LogP contribution in [0.3, 0.4) is 0 Å². The van der Waals surface area contributed by atoms with E-state index in [9.17, 15) is 9.59 Å². The van der Waals surface area contributed by atoms with Crippen molar-refractivity contribution < 1.29 is 19.1 Å². The Morgan fingerprint density at radius 1 is 1.30 bits per heavy atom. The molecule has 27 heavy (non-hydrogen) atoms. The van der Waals surface area contributed by atoms with Crippen molar-refractivity contribution >= 4 is 35.1 Å². The largest absolute Gasteiger partial charge is 0.466 e. The van der Waals surface area contributed by atoms with Crippen LogP contribution in [0.15, 0.2) is 30.6 Å². The maximum absolute atomic E-state index is 12.6. The molecule has 1 aliphatic carbocycles. The van der Waals surface area contributed by atoms with Gasteiger partial charge in [-0.3, -0.25) is 14.3 Å². The van der Waals surface area contributed by atoms with Crippen LogP contribution < -0.4 is 0 Å². The molecule has 2 aromatic rings. The van der Waals surface area contributed by atoms with Crippen molar-refractivity contribution in [3.63, 3.8) is 0 Å². The number of aryl methyl sites for hydroxylation is 1. The Morgan fingerprint density at radius 3 is 2.59 bits per heavy atom. The van der Waals surface area contributed by atoms with E-state index in [1.54, 1.807) is 36.0 Å². The van der Waals surface area contributed by atoms with Crippen molar-refractivity contribution in [2.45, 2.75) is 31.8 Å². The topological polar surface area (TPSA) is 70.4 Å². The zero-order chi connectivity index (χ0) is 19.6. The van der Waals surface area contributed by atoms with E-state index in [0.29, 0.717) is 22.0 Å². The highest BCUT2D eigenvalue weighted by Crippen LogP contribution is 2.48. The first-order valence-corrected chi connectivity index (χ1v) is 9.43. The van der Waals surface area contributed by atoms with E-state index in [1.807, 2.05) is 13.2 Å². The van der Waals surface area contributed by atoms with Crippen molar-refractivity contribution in [1.29, 1.82) is 0 Å². The molecule has 1 aliphatic rings. The molecule has 0 aliphatic heterocycles. The van der Waals surface area contributed by atoms with Crippen LogP contribution >= 0.6 is 23.2 Å². The molecular weight excluding hydrogens is 391 g/mol. The van der Waals surface area contributed by atoms with Gasteiger partial charge in [0.1, 0.15) is 6.10 Å². The highest BCUT2D eigenvalue weighted by molar-refractivity contribution is 6.34. The summed E-state index contributed by atoms with van der Waals surface area (Å²) in [4.78, 5) is 24.6. The van der Waals surface area contributed by atoms with Gasteiger partial charge in [0.25, 0.3) is 0 Å². The Balaban J connectivity index is 1.73. The summed E-state index contributed by atoms with van der Waals surface area (Å²) in [6, 6.07) is 4.85. The first-order chi connectivity index (χ1) is 12.9. The van der Waals surface area contributed by atoms with Crippen LogP contribution in [0.5, 0.6) is 0 Å². The summed E-state index contributed by atoms with van der Waals surface area (Å²) in [5, 5.41) is 4.94. The predicted molar refractivity (Wildman–Crippen MR) is 101 cm³/mol. The fourth-order valence-corrected chi connectivity index (χ4v) is 3.59. The number of benzene rings is 1. The van der Waals surface area contributed by atoms with Crippen molar-refractivity contribution in [2.24, 2.45) is 13.0 Å². The number of esters is 2. The lowest BCUT2D eigenvalue weighted by Gasteiger charge is -2.18. The van der Waals surface area contributed by atoms with Gasteiger partial charge in [-0.05, 0) is 42.7 Å². The average molecular weight is 411 g/mol. The molecule has 6 nitrogen and oxygen atoms in total. The van der Waals surface area contributed by atoms with E-state index in [4.69, 9.17) is 32.7 Å². The molecule has 1 aromatic carbocycles. The van der Waals surface area contributed by atoms with Gasteiger partial charge in [-0.15, -0.1) is 0 Å². The van der Waals surface area contributed by atoms with Crippen molar-refractivity contribution in [1.82, 2.24) is 9.78 Å². The van der Waals surface area contributed by atoms with E-state index in [0.717, 1.165) is 5.56 Å². The lowest BCUT2D eigenvalue weighted by Crippen LogP contribution is -2.18. The lowest BCUT2D eigenvalue weighted by atomic mass is 10.1. The van der Waals surface area contributed by atoms with Crippen LogP contribution in [0.4, 0.5) is 0 Å². The van der Waals surface area contributed by atoms with Crippen LogP contribution in [0, 0.1) is 5.92 Å². The molecule has 1 aromatic heterocycles. The molecule has 0 bridgehead atoms. The molecule has 8 heteroatoms. The quantitative estimate of drug-likeness (QED) is 0.643. The van der Waals surface area contributed by atoms with Gasteiger partial charge in [-0.2, -0.15) is 5.10 Å². The second-order valence-electron chi connectivity index (χ2n) is 6.53. The minimum absolute atomic E-state index is 0.0948. The second-order valence-corrected chi connectivity index (χ2v) is 7.41. The third kappa shape index (κ3) is 5.02. The Labute approximate surface area is 167 Å². The third-order valence-electron chi connectivity index (χ3n) is 4.42. The van der Waals surface area contributed by atoms with Crippen LogP contribution in [-0.4, -0.2) is 28.3 Å². The Morgan fingerprint density at radius 2 is 2.00 bits per heavy atom. The fourth-order valence-electron chi connectivity index (χ4n) is 3.04. The average Bonchev–Trinajstić information content (AvgIpc) is 3.28. The highest BCUT2D eigenvalue weighted by Gasteiger charge is 2.46. The summed E-state index contributed by atoms with van der Waals surface area (Å²) in [7, 11) is 1.83. The molecule has 1 saturated carbocycles. The maximum atomic E-state index is 12.6. The second kappa shape index (κ2) is 8.31. The monoisotopic (exact) mass is 410 g/mol. The van der Waals surface area contributed by atoms with Crippen molar-refractivity contribution in [2.75, 3.05) is 6.61 Å². The molecule has 0 saturated heterocycles. The fraction of sp³-hybridized carbons (Fsp3) is 0.421. The van der Waals surface area contributed by atoms with Gasteiger partial charge in [-0.1, -0.05) is 23.2 Å². The van der Waals surface area contributed by atoms with Gasteiger partial charge in [0.15, 0.2) is 0 Å². The minimum Gasteiger partial charge on any atom is -0.466 e. The Bertz CT molecular complexity index is 832. The molecule has 3 rings (SSSR count). The summed E-state index contributed by atoms with van der Waals surface area (Å²) in [5.41, 5.74) is 1.57. The van der Waals surface area contributed by atoms with Gasteiger partial charge in [0, 0.05) is 29.2 Å². The summed E-state index contributed by atoms with van der Waals surface area (Å²) in [6.45, 7) is 1.97. The van der Waals surface area contributed by atoms with Gasteiger partial charge < -0.3 is 9.47 Å². The minimum atomic E-state index is -0.803. The zero-order valence-electron chi connectivity index (χ0n) is 15.0. The molecule has 144 valence electrons. The van der Waals surface area contributed by atoms with Crippen LogP contribution in [0.25, 0.3) is 0 Å². The van der Waals surface area contributed by atoms with E-state index in [-0.39, 0.29) is 30.8 Å². The Hall–Kier alpha value is -2.05. The number of rotatable bonds is 7. The third-order valence-corrected chi connectivity index (χ3v) is 4.86. The number of hydrogen-bond acceptors (Lipinski definition) is 5. The smallest absolute Gasteiger partial charge is 0.310 e. The SMILES string of the molecule is CCOC(=O)C[C@H](OC(=O)[C@H]1C[C@@H]1c1cnn(C)c1)c1cc(Cl)cc(Cl)c1. The van der Waals surface area contributed by atoms with Crippen LogP contribution in [-0.2, 0) is 26.1 Å². The molecule has 0 spiro atoms. The molecule has 1 fully saturated rings. The number of carbonyl (C=O) groups is 2. The molecule has 3 atom stereocenters. The van der Waals surface area contributed by atoms with Crippen LogP contribution in [0.2, 0.25) is 10.0 Å². The standard InChI is InChI=1S/C19H20Cl2N2O4/c1-3-26-18(24)8-17(11-4-13(20)6-14(21)5-11)27-19(25)16-7-15(16)12-9-22-23(2)10-12/h4-6,9-10,15-17H,3,7-8H2,1-2H3/t15-,16+,17+/m1/s1. The van der Waals surface area contributed by atoms with E-state index < -0.39 is 12.1 Å². The normalized spacial score (nSPS) is 19.4. The number of aromatic nitrogens is 2. The maximum Gasteiger partial charge on any atom is 0.310 e. The summed E-state index contributed by atoms with van der Waals surface area (Å²) in [5.74, 6) is -0.953. The molecule has 1 heterocycles. The summed E-state index contributed by atoms with van der Waals surface area (Å²) in [6.07, 6.45) is 3.45. The molecule has 0 radical (unpaired) electrons. The first-order valence-electron chi connectivity index (χ1n) is 8.68. The van der Waals surface area contributed by atoms with Gasteiger partial charge in [-0.25, -0.2) is 0 Å². The molecule has 0 amide bonds.